The molecule has 20 nitrogen and oxygen atoms in total. The second-order valence-electron chi connectivity index (χ2n) is 27.7. The fraction of sp³-hybridized carbons (Fsp3) is 0.531. The summed E-state index contributed by atoms with van der Waals surface area (Å²) in [5.41, 5.74) is 2.99. The maximum absolute atomic E-state index is 13.7. The zero-order chi connectivity index (χ0) is 85.5. The molecule has 114 heavy (non-hydrogen) atoms. The first-order chi connectivity index (χ1) is 53.8. The van der Waals surface area contributed by atoms with Crippen molar-refractivity contribution in [2.24, 2.45) is 0 Å². The molecular formula is C81H112Br3F9N4O16S. The van der Waals surface area contributed by atoms with E-state index in [0.717, 1.165) is 140 Å². The van der Waals surface area contributed by atoms with E-state index >= 15 is 0 Å². The predicted molar refractivity (Wildman–Crippen MR) is 431 cm³/mol. The van der Waals surface area contributed by atoms with Crippen molar-refractivity contribution in [2.75, 3.05) is 108 Å². The van der Waals surface area contributed by atoms with Gasteiger partial charge in [-0.15, -0.1) is 0 Å². The summed E-state index contributed by atoms with van der Waals surface area (Å²) in [5.74, 6) is -0.985. The van der Waals surface area contributed by atoms with Gasteiger partial charge in [-0.2, -0.15) is 21.6 Å². The first kappa shape index (κ1) is 102. The molecule has 5 heterocycles. The number of ether oxygens (including phenoxy) is 10. The monoisotopic (exact) mass is 1840 g/mol. The molecule has 0 bridgehead atoms. The number of benzene rings is 6. The number of nitrogens with one attached hydrogen (secondary N) is 4. The fourth-order valence-electron chi connectivity index (χ4n) is 11.8. The summed E-state index contributed by atoms with van der Waals surface area (Å²) in [7, 11) is 4.78. The number of methoxy groups -OCH3 is 2. The highest BCUT2D eigenvalue weighted by Crippen LogP contribution is 2.38. The zero-order valence-electron chi connectivity index (χ0n) is 66.9. The molecule has 0 aliphatic carbocycles. The van der Waals surface area contributed by atoms with Crippen LogP contribution in [0.2, 0.25) is 0 Å². The Bertz CT molecular complexity index is 3750. The van der Waals surface area contributed by atoms with Crippen molar-refractivity contribution in [3.63, 3.8) is 0 Å². The molecule has 0 saturated heterocycles. The third kappa shape index (κ3) is 35.9. The largest absolute Gasteiger partial charge is 0.522 e. The molecule has 6 N–H and O–H groups in total. The van der Waals surface area contributed by atoms with Crippen molar-refractivity contribution in [2.45, 2.75) is 173 Å². The maximum Gasteiger partial charge on any atom is 0.522 e. The van der Waals surface area contributed by atoms with E-state index in [2.05, 4.69) is 87.6 Å². The van der Waals surface area contributed by atoms with E-state index in [1.54, 1.807) is 92.2 Å². The number of aliphatic hydroxyl groups is 1. The lowest BCUT2D eigenvalue weighted by Crippen LogP contribution is -2.29. The molecule has 642 valence electrons. The van der Waals surface area contributed by atoms with Crippen molar-refractivity contribution in [1.82, 2.24) is 21.3 Å². The quantitative estimate of drug-likeness (QED) is 0.0132. The van der Waals surface area contributed by atoms with Crippen LogP contribution in [0.25, 0.3) is 0 Å². The molecule has 0 radical (unpaired) electrons. The number of carbonyl (C=O) groups is 2. The Morgan fingerprint density at radius 2 is 0.833 bits per heavy atom. The Morgan fingerprint density at radius 1 is 0.509 bits per heavy atom. The number of carbonyl (C=O) groups excluding carboxylic acids is 2. The van der Waals surface area contributed by atoms with Gasteiger partial charge in [-0.25, -0.2) is 35.9 Å². The number of likely N-dealkylation sites (N-methyl/N-ethyl adjacent to an activating group) is 4. The summed E-state index contributed by atoms with van der Waals surface area (Å²) in [6.07, 6.45) is 5.61. The standard InChI is InChI=1S/C12H14BrFO.C12H15FO.C11H13BrFNO.2C11H14FNO.C10H18O5.C8H8BrFO.C5H13NO2.CHF3O3S.H2/c1-2-3-11-12-8(6-7-15-11)9(13)4-5-10(12)14;1-2-4-11-12-9(7-8-14-11)5-3-6-10(12)13;1-14-6-10-11-7(4-5-15-10)8(12)2-3-9(11)13;2*1-13-7-10-11-8(5-6-14-10)3-2-4-9(11)12;1-9(2,3)14-7(11)13-8(12)15-10(4,5)6;9-8-2-1-7(10)5-6(8)3-4-11;1-6-4-5(7-2)8-3;2-1(3,4)8(5,6)7;/h4-5,11H,2-3,6-7H2,1H3;3,5-6,11H,2,4,7-8H2,1H3;2-3,10,14H,4-6H2,1H3;2*2-4,10,13H,5-7H2,1H3;1-6H3;1-2,5,11H,3-4H2;5-6H,4H2,1-3H3;(H,5,6,7);1H/t;;;2*10-;;;;;/m...10...../s1. The van der Waals surface area contributed by atoms with Gasteiger partial charge in [-0.3, -0.25) is 4.55 Å². The van der Waals surface area contributed by atoms with Gasteiger partial charge in [0.15, 0.2) is 6.29 Å². The maximum atomic E-state index is 13.7. The van der Waals surface area contributed by atoms with Crippen molar-refractivity contribution in [3.05, 3.63) is 207 Å². The molecule has 5 atom stereocenters. The normalized spacial score (nSPS) is 17.1. The van der Waals surface area contributed by atoms with Crippen LogP contribution in [0.3, 0.4) is 0 Å². The van der Waals surface area contributed by atoms with E-state index < -0.39 is 39.1 Å². The fourth-order valence-corrected chi connectivity index (χ4v) is 13.3. The van der Waals surface area contributed by atoms with Crippen LogP contribution in [0.15, 0.2) is 110 Å². The topological polar surface area (TPSA) is 249 Å². The third-order valence-electron chi connectivity index (χ3n) is 16.7. The first-order valence-corrected chi connectivity index (χ1v) is 40.8. The van der Waals surface area contributed by atoms with Gasteiger partial charge in [0.05, 0.1) is 63.6 Å². The molecule has 0 fully saturated rings. The Kier molecular flexibility index (Phi) is 47.0. The minimum Gasteiger partial charge on any atom is -0.428 e. The van der Waals surface area contributed by atoms with E-state index in [9.17, 15) is 49.1 Å². The lowest BCUT2D eigenvalue weighted by atomic mass is 9.94. The molecule has 0 amide bonds. The SMILES string of the molecule is CC(C)(C)OC(=O)OC(=O)OC(C)(C)C.CCCC1OCCc2c(Br)ccc(F)c21.CCCC1OCCc2cccc(F)c21.CNCC(OC)OC.CNCC1OCCc2c(Br)ccc(F)c21.CNC[C@@H]1OCCc2cccc(F)c21.CNC[C@H]1OCCc2cccc(F)c21.O=S(=O)(O)C(F)(F)F.OCCc1cc(F)ccc1Br.[HH]. The molecule has 5 aliphatic rings. The summed E-state index contributed by atoms with van der Waals surface area (Å²) in [6, 6.07) is 26.7. The summed E-state index contributed by atoms with van der Waals surface area (Å²) >= 11 is 10.2. The molecule has 5 aliphatic heterocycles. The smallest absolute Gasteiger partial charge is 0.428 e. The van der Waals surface area contributed by atoms with Crippen LogP contribution in [-0.4, -0.2) is 162 Å². The van der Waals surface area contributed by atoms with Gasteiger partial charge < -0.3 is 73.7 Å². The number of hydrogen-bond acceptors (Lipinski definition) is 19. The van der Waals surface area contributed by atoms with E-state index in [0.29, 0.717) is 58.0 Å². The highest BCUT2D eigenvalue weighted by atomic mass is 79.9. The molecule has 6 aromatic carbocycles. The average molecular weight is 1840 g/mol. The van der Waals surface area contributed by atoms with Crippen molar-refractivity contribution in [1.29, 1.82) is 0 Å². The van der Waals surface area contributed by atoms with Crippen LogP contribution >= 0.6 is 47.8 Å². The van der Waals surface area contributed by atoms with Gasteiger partial charge in [0.2, 0.25) is 0 Å². The molecule has 6 aromatic rings. The number of fused-ring (bicyclic) bond motifs is 5. The summed E-state index contributed by atoms with van der Waals surface area (Å²) < 4.78 is 192. The average Bonchev–Trinajstić information content (AvgIpc) is 0.792. The lowest BCUT2D eigenvalue weighted by Gasteiger charge is -2.27. The molecule has 3 unspecified atom stereocenters. The minimum atomic E-state index is -5.84. The second kappa shape index (κ2) is 52.3. The van der Waals surface area contributed by atoms with Crippen LogP contribution in [-0.2, 0) is 96.0 Å². The number of alkyl halides is 3. The van der Waals surface area contributed by atoms with Crippen LogP contribution < -0.4 is 21.3 Å². The van der Waals surface area contributed by atoms with E-state index in [1.807, 2.05) is 46.4 Å². The second-order valence-corrected chi connectivity index (χ2v) is 31.7. The van der Waals surface area contributed by atoms with Gasteiger partial charge in [0, 0.05) is 89.7 Å². The molecule has 33 heteroatoms. The molecule has 0 aromatic heterocycles. The van der Waals surface area contributed by atoms with Crippen LogP contribution in [0, 0.1) is 34.9 Å². The number of rotatable bonds is 16. The summed E-state index contributed by atoms with van der Waals surface area (Å²) in [5, 5.41) is 20.6. The van der Waals surface area contributed by atoms with Crippen LogP contribution in [0.4, 0.5) is 49.1 Å². The van der Waals surface area contributed by atoms with E-state index in [4.69, 9.17) is 60.7 Å². The van der Waals surface area contributed by atoms with Gasteiger partial charge in [-0.1, -0.05) is 111 Å². The molecular weight excluding hydrogens is 1730 g/mol. The minimum absolute atomic E-state index is 0. The highest BCUT2D eigenvalue weighted by molar-refractivity contribution is 9.11. The summed E-state index contributed by atoms with van der Waals surface area (Å²) in [4.78, 5) is 22.0. The molecule has 0 saturated carbocycles. The van der Waals surface area contributed by atoms with Gasteiger partial charge >= 0.3 is 27.9 Å². The molecule has 0 spiro atoms. The Labute approximate surface area is 691 Å². The Hall–Kier alpha value is -5.70. The van der Waals surface area contributed by atoms with Crippen LogP contribution in [0.1, 0.15) is 174 Å². The zero-order valence-corrected chi connectivity index (χ0v) is 72.5. The Balaban J connectivity index is 0.000000442. The first-order valence-electron chi connectivity index (χ1n) is 37.0. The van der Waals surface area contributed by atoms with Crippen molar-refractivity contribution < 1.29 is 116 Å². The van der Waals surface area contributed by atoms with Gasteiger partial charge in [0.1, 0.15) is 46.1 Å². The molecule has 11 rings (SSSR count). The van der Waals surface area contributed by atoms with Gasteiger partial charge in [-0.05, 0) is 215 Å². The van der Waals surface area contributed by atoms with Crippen molar-refractivity contribution >= 4 is 70.2 Å². The highest BCUT2D eigenvalue weighted by Gasteiger charge is 2.44. The van der Waals surface area contributed by atoms with E-state index in [1.165, 1.54) is 42.5 Å². The van der Waals surface area contributed by atoms with E-state index in [-0.39, 0.29) is 79.7 Å². The Morgan fingerprint density at radius 3 is 1.16 bits per heavy atom. The number of hydrogen-bond donors (Lipinski definition) is 6. The van der Waals surface area contributed by atoms with Crippen LogP contribution in [0.5, 0.6) is 0 Å². The van der Waals surface area contributed by atoms with Crippen molar-refractivity contribution in [3.8, 4) is 0 Å². The number of aliphatic hydroxyl groups excluding tert-OH is 1. The lowest BCUT2D eigenvalue weighted by molar-refractivity contribution is -0.0978. The summed E-state index contributed by atoms with van der Waals surface area (Å²) in [6.45, 7) is 20.4. The predicted octanol–water partition coefficient (Wildman–Crippen LogP) is 18.4. The number of halogens is 12. The van der Waals surface area contributed by atoms with Gasteiger partial charge in [0.25, 0.3) is 0 Å². The third-order valence-corrected chi connectivity index (χ3v) is 19.6.